The standard InChI is InChI=1S/C16H27ClN2O2/c1-16(2,12-19(3)4)11-18-9-14(20)10-21-15-7-5-6-13(17)8-15/h5-8,14,18,20H,9-12H2,1-4H3. The van der Waals surface area contributed by atoms with E-state index < -0.39 is 6.10 Å². The molecule has 0 heterocycles. The highest BCUT2D eigenvalue weighted by atomic mass is 35.5. The summed E-state index contributed by atoms with van der Waals surface area (Å²) >= 11 is 5.88. The lowest BCUT2D eigenvalue weighted by molar-refractivity contribution is 0.102. The second-order valence-corrected chi connectivity index (χ2v) is 6.89. The molecule has 4 nitrogen and oxygen atoms in total. The normalized spacial score (nSPS) is 13.5. The highest BCUT2D eigenvalue weighted by Gasteiger charge is 2.18. The topological polar surface area (TPSA) is 44.7 Å². The maximum absolute atomic E-state index is 9.93. The number of aliphatic hydroxyl groups excluding tert-OH is 1. The molecule has 1 atom stereocenters. The molecule has 120 valence electrons. The molecule has 1 rings (SSSR count). The molecule has 0 aliphatic rings. The van der Waals surface area contributed by atoms with Crippen LogP contribution in [0.25, 0.3) is 0 Å². The Balaban J connectivity index is 2.24. The molecular weight excluding hydrogens is 288 g/mol. The molecule has 0 spiro atoms. The summed E-state index contributed by atoms with van der Waals surface area (Å²) in [6.45, 7) is 7.01. The van der Waals surface area contributed by atoms with Crippen molar-refractivity contribution in [3.05, 3.63) is 29.3 Å². The van der Waals surface area contributed by atoms with Crippen molar-refractivity contribution in [1.29, 1.82) is 0 Å². The molecule has 0 aliphatic carbocycles. The van der Waals surface area contributed by atoms with Crippen molar-refractivity contribution in [1.82, 2.24) is 10.2 Å². The summed E-state index contributed by atoms with van der Waals surface area (Å²) in [6.07, 6.45) is -0.542. The van der Waals surface area contributed by atoms with E-state index in [0.29, 0.717) is 17.3 Å². The van der Waals surface area contributed by atoms with Gasteiger partial charge >= 0.3 is 0 Å². The quantitative estimate of drug-likeness (QED) is 0.734. The molecule has 1 unspecified atom stereocenters. The summed E-state index contributed by atoms with van der Waals surface area (Å²) in [5.74, 6) is 0.675. The number of benzene rings is 1. The van der Waals surface area contributed by atoms with Crippen LogP contribution in [0, 0.1) is 5.41 Å². The molecule has 0 amide bonds. The van der Waals surface area contributed by atoms with E-state index in [1.54, 1.807) is 12.1 Å². The molecule has 0 aromatic heterocycles. The lowest BCUT2D eigenvalue weighted by Gasteiger charge is -2.29. The molecule has 21 heavy (non-hydrogen) atoms. The molecule has 0 saturated carbocycles. The SMILES string of the molecule is CN(C)CC(C)(C)CNCC(O)COc1cccc(Cl)c1. The van der Waals surface area contributed by atoms with Crippen LogP contribution in [0.2, 0.25) is 5.02 Å². The Morgan fingerprint density at radius 1 is 1.38 bits per heavy atom. The van der Waals surface area contributed by atoms with Crippen molar-refractivity contribution in [2.24, 2.45) is 5.41 Å². The number of nitrogens with one attached hydrogen (secondary N) is 1. The molecule has 5 heteroatoms. The molecule has 0 aliphatic heterocycles. The minimum Gasteiger partial charge on any atom is -0.491 e. The predicted octanol–water partition coefficient (Wildman–Crippen LogP) is 2.26. The Morgan fingerprint density at radius 3 is 2.71 bits per heavy atom. The van der Waals surface area contributed by atoms with Crippen molar-refractivity contribution in [3.63, 3.8) is 0 Å². The van der Waals surface area contributed by atoms with Gasteiger partial charge in [0.15, 0.2) is 0 Å². The summed E-state index contributed by atoms with van der Waals surface area (Å²) < 4.78 is 5.51. The number of ether oxygens (including phenoxy) is 1. The number of hydrogen-bond donors (Lipinski definition) is 2. The summed E-state index contributed by atoms with van der Waals surface area (Å²) in [5.41, 5.74) is 0.164. The van der Waals surface area contributed by atoms with Gasteiger partial charge in [-0.1, -0.05) is 31.5 Å². The smallest absolute Gasteiger partial charge is 0.120 e. The van der Waals surface area contributed by atoms with Gasteiger partial charge in [0.1, 0.15) is 18.5 Å². The Labute approximate surface area is 133 Å². The number of nitrogens with zero attached hydrogens (tertiary/aromatic N) is 1. The van der Waals surface area contributed by atoms with Crippen molar-refractivity contribution in [2.75, 3.05) is 40.3 Å². The molecule has 0 bridgehead atoms. The zero-order chi connectivity index (χ0) is 15.9. The van der Waals surface area contributed by atoms with Gasteiger partial charge in [-0.05, 0) is 37.7 Å². The average Bonchev–Trinajstić information content (AvgIpc) is 2.34. The second kappa shape index (κ2) is 8.59. The molecular formula is C16H27ClN2O2. The summed E-state index contributed by atoms with van der Waals surface area (Å²) in [7, 11) is 4.13. The highest BCUT2D eigenvalue weighted by molar-refractivity contribution is 6.30. The fourth-order valence-electron chi connectivity index (χ4n) is 2.30. The first-order valence-corrected chi connectivity index (χ1v) is 7.58. The summed E-state index contributed by atoms with van der Waals surface area (Å²) in [6, 6.07) is 7.18. The average molecular weight is 315 g/mol. The number of aliphatic hydroxyl groups is 1. The summed E-state index contributed by atoms with van der Waals surface area (Å²) in [4.78, 5) is 2.17. The zero-order valence-electron chi connectivity index (χ0n) is 13.4. The Kier molecular flexibility index (Phi) is 7.46. The minimum atomic E-state index is -0.542. The minimum absolute atomic E-state index is 0.164. The van der Waals surface area contributed by atoms with Gasteiger partial charge in [-0.15, -0.1) is 0 Å². The number of rotatable bonds is 9. The molecule has 0 fully saturated rings. The molecule has 1 aromatic carbocycles. The van der Waals surface area contributed by atoms with Gasteiger partial charge in [0.2, 0.25) is 0 Å². The van der Waals surface area contributed by atoms with Crippen LogP contribution in [0.4, 0.5) is 0 Å². The Bertz CT molecular complexity index is 424. The van der Waals surface area contributed by atoms with Crippen LogP contribution in [-0.2, 0) is 0 Å². The van der Waals surface area contributed by atoms with Crippen molar-refractivity contribution in [2.45, 2.75) is 20.0 Å². The zero-order valence-corrected chi connectivity index (χ0v) is 14.2. The molecule has 0 saturated heterocycles. The predicted molar refractivity (Wildman–Crippen MR) is 88.2 cm³/mol. The third-order valence-electron chi connectivity index (χ3n) is 2.97. The first-order valence-electron chi connectivity index (χ1n) is 7.20. The fraction of sp³-hybridized carbons (Fsp3) is 0.625. The van der Waals surface area contributed by atoms with Crippen LogP contribution in [-0.4, -0.2) is 56.4 Å². The first-order chi connectivity index (χ1) is 9.78. The lowest BCUT2D eigenvalue weighted by Crippen LogP contribution is -2.41. The van der Waals surface area contributed by atoms with Gasteiger partial charge < -0.3 is 20.1 Å². The van der Waals surface area contributed by atoms with Gasteiger partial charge in [-0.2, -0.15) is 0 Å². The number of halogens is 1. The van der Waals surface area contributed by atoms with E-state index in [9.17, 15) is 5.11 Å². The maximum Gasteiger partial charge on any atom is 0.120 e. The van der Waals surface area contributed by atoms with E-state index >= 15 is 0 Å². The van der Waals surface area contributed by atoms with Crippen LogP contribution in [0.5, 0.6) is 5.75 Å². The van der Waals surface area contributed by atoms with E-state index in [1.165, 1.54) is 0 Å². The third-order valence-corrected chi connectivity index (χ3v) is 3.20. The maximum atomic E-state index is 9.93. The van der Waals surface area contributed by atoms with E-state index in [1.807, 2.05) is 12.1 Å². The highest BCUT2D eigenvalue weighted by Crippen LogP contribution is 2.17. The van der Waals surface area contributed by atoms with Crippen molar-refractivity contribution >= 4 is 11.6 Å². The van der Waals surface area contributed by atoms with E-state index in [2.05, 4.69) is 38.2 Å². The van der Waals surface area contributed by atoms with Gasteiger partial charge in [0.05, 0.1) is 0 Å². The molecule has 1 aromatic rings. The van der Waals surface area contributed by atoms with Crippen molar-refractivity contribution in [3.8, 4) is 5.75 Å². The first kappa shape index (κ1) is 18.2. The van der Waals surface area contributed by atoms with E-state index in [-0.39, 0.29) is 12.0 Å². The fourth-order valence-corrected chi connectivity index (χ4v) is 2.48. The van der Waals surface area contributed by atoms with Crippen LogP contribution >= 0.6 is 11.6 Å². The van der Waals surface area contributed by atoms with E-state index in [4.69, 9.17) is 16.3 Å². The van der Waals surface area contributed by atoms with Crippen LogP contribution in [0.3, 0.4) is 0 Å². The lowest BCUT2D eigenvalue weighted by atomic mass is 9.93. The van der Waals surface area contributed by atoms with Crippen LogP contribution in [0.15, 0.2) is 24.3 Å². The Hall–Kier alpha value is -0.810. The largest absolute Gasteiger partial charge is 0.491 e. The van der Waals surface area contributed by atoms with Gasteiger partial charge in [-0.25, -0.2) is 0 Å². The van der Waals surface area contributed by atoms with Gasteiger partial charge in [0, 0.05) is 24.7 Å². The number of hydrogen-bond acceptors (Lipinski definition) is 4. The van der Waals surface area contributed by atoms with Gasteiger partial charge in [-0.3, -0.25) is 0 Å². The van der Waals surface area contributed by atoms with Gasteiger partial charge in [0.25, 0.3) is 0 Å². The van der Waals surface area contributed by atoms with Crippen LogP contribution in [0.1, 0.15) is 13.8 Å². The summed E-state index contributed by atoms with van der Waals surface area (Å²) in [5, 5.41) is 13.9. The third kappa shape index (κ3) is 8.27. The van der Waals surface area contributed by atoms with Crippen molar-refractivity contribution < 1.29 is 9.84 Å². The molecule has 0 radical (unpaired) electrons. The van der Waals surface area contributed by atoms with E-state index in [0.717, 1.165) is 13.1 Å². The molecule has 2 N–H and O–H groups in total. The monoisotopic (exact) mass is 314 g/mol. The van der Waals surface area contributed by atoms with Crippen LogP contribution < -0.4 is 10.1 Å². The second-order valence-electron chi connectivity index (χ2n) is 6.46. The Morgan fingerprint density at radius 2 is 2.10 bits per heavy atom.